The van der Waals surface area contributed by atoms with E-state index in [9.17, 15) is 9.90 Å². The van der Waals surface area contributed by atoms with Crippen molar-refractivity contribution >= 4 is 11.9 Å². The number of aliphatic imine (C=N–C) groups is 1. The van der Waals surface area contributed by atoms with E-state index in [0.717, 1.165) is 57.3 Å². The Bertz CT molecular complexity index is 710. The summed E-state index contributed by atoms with van der Waals surface area (Å²) in [4.78, 5) is 28.0. The average Bonchev–Trinajstić information content (AvgIpc) is 2.77. The molecular formula is C23H38N6O2. The van der Waals surface area contributed by atoms with Gasteiger partial charge in [0.05, 0.1) is 19.2 Å². The number of piperidine rings is 1. The fraction of sp³-hybridized carbons (Fsp3) is 0.696. The van der Waals surface area contributed by atoms with Gasteiger partial charge >= 0.3 is 0 Å². The van der Waals surface area contributed by atoms with Crippen LogP contribution in [0.15, 0.2) is 29.5 Å². The van der Waals surface area contributed by atoms with Crippen LogP contribution in [-0.2, 0) is 4.79 Å². The Kier molecular flexibility index (Phi) is 8.66. The van der Waals surface area contributed by atoms with Crippen LogP contribution in [-0.4, -0.2) is 95.6 Å². The number of rotatable bonds is 6. The summed E-state index contributed by atoms with van der Waals surface area (Å²) >= 11 is 0. The largest absolute Gasteiger partial charge is 0.386 e. The van der Waals surface area contributed by atoms with Gasteiger partial charge in [0.15, 0.2) is 5.96 Å². The number of hydrogen-bond donors (Lipinski definition) is 2. The highest BCUT2D eigenvalue weighted by Crippen LogP contribution is 2.21. The lowest BCUT2D eigenvalue weighted by Crippen LogP contribution is -2.55. The number of carbonyl (C=O) groups is 1. The molecule has 1 aromatic rings. The maximum absolute atomic E-state index is 12.8. The predicted molar refractivity (Wildman–Crippen MR) is 123 cm³/mol. The zero-order valence-corrected chi connectivity index (χ0v) is 19.2. The molecule has 1 aromatic heterocycles. The van der Waals surface area contributed by atoms with Crippen molar-refractivity contribution in [1.82, 2.24) is 25.0 Å². The van der Waals surface area contributed by atoms with E-state index in [2.05, 4.69) is 43.8 Å². The second-order valence-electron chi connectivity index (χ2n) is 9.00. The molecule has 2 N–H and O–H groups in total. The van der Waals surface area contributed by atoms with Crippen LogP contribution in [0.3, 0.4) is 0 Å². The number of amides is 1. The third-order valence-corrected chi connectivity index (χ3v) is 6.09. The molecule has 0 spiro atoms. The third-order valence-electron chi connectivity index (χ3n) is 6.09. The molecule has 3 heterocycles. The van der Waals surface area contributed by atoms with Crippen molar-refractivity contribution in [1.29, 1.82) is 0 Å². The maximum atomic E-state index is 12.8. The van der Waals surface area contributed by atoms with Gasteiger partial charge in [-0.25, -0.2) is 0 Å². The van der Waals surface area contributed by atoms with E-state index in [0.29, 0.717) is 24.9 Å². The van der Waals surface area contributed by atoms with Crippen LogP contribution in [0.5, 0.6) is 0 Å². The molecule has 31 heavy (non-hydrogen) atoms. The Morgan fingerprint density at radius 3 is 2.42 bits per heavy atom. The van der Waals surface area contributed by atoms with Crippen molar-refractivity contribution in [2.24, 2.45) is 16.8 Å². The molecule has 2 fully saturated rings. The van der Waals surface area contributed by atoms with E-state index in [1.165, 1.54) is 6.42 Å². The molecule has 3 rings (SSSR count). The van der Waals surface area contributed by atoms with Crippen LogP contribution >= 0.6 is 0 Å². The lowest BCUT2D eigenvalue weighted by Gasteiger charge is -2.39. The van der Waals surface area contributed by atoms with Crippen molar-refractivity contribution < 1.29 is 9.90 Å². The Morgan fingerprint density at radius 1 is 1.16 bits per heavy atom. The molecule has 0 aliphatic carbocycles. The number of pyridine rings is 1. The van der Waals surface area contributed by atoms with Gasteiger partial charge in [-0.05, 0) is 42.9 Å². The highest BCUT2D eigenvalue weighted by Gasteiger charge is 2.28. The number of aliphatic hydroxyl groups excluding tert-OH is 1. The van der Waals surface area contributed by atoms with Crippen LogP contribution in [0, 0.1) is 11.8 Å². The summed E-state index contributed by atoms with van der Waals surface area (Å²) in [7, 11) is 0. The highest BCUT2D eigenvalue weighted by atomic mass is 16.3. The van der Waals surface area contributed by atoms with Gasteiger partial charge in [0.1, 0.15) is 0 Å². The molecule has 2 saturated heterocycles. The molecule has 172 valence electrons. The Hall–Kier alpha value is -2.19. The molecule has 3 unspecified atom stereocenters. The molecule has 0 aromatic carbocycles. The summed E-state index contributed by atoms with van der Waals surface area (Å²) < 4.78 is 0. The van der Waals surface area contributed by atoms with E-state index < -0.39 is 6.10 Å². The van der Waals surface area contributed by atoms with Crippen molar-refractivity contribution in [3.8, 4) is 0 Å². The number of piperazine rings is 1. The van der Waals surface area contributed by atoms with Gasteiger partial charge in [-0.2, -0.15) is 0 Å². The molecule has 0 radical (unpaired) electrons. The van der Waals surface area contributed by atoms with E-state index in [1.807, 2.05) is 19.1 Å². The summed E-state index contributed by atoms with van der Waals surface area (Å²) in [6.45, 7) is 13.2. The van der Waals surface area contributed by atoms with Gasteiger partial charge in [-0.15, -0.1) is 0 Å². The first-order valence-electron chi connectivity index (χ1n) is 11.6. The Morgan fingerprint density at radius 2 is 1.81 bits per heavy atom. The Balaban J connectivity index is 1.49. The summed E-state index contributed by atoms with van der Waals surface area (Å²) in [6.07, 6.45) is 3.92. The molecule has 8 nitrogen and oxygen atoms in total. The number of hydrogen-bond acceptors (Lipinski definition) is 5. The van der Waals surface area contributed by atoms with Crippen LogP contribution in [0.2, 0.25) is 0 Å². The number of nitrogens with one attached hydrogen (secondary N) is 1. The SMILES string of the molecule is CCNC(=NCC(O)c1ccncc1)N1CCN(CC(=O)N2CC(C)CC(C)C2)CC1. The number of nitrogens with zero attached hydrogens (tertiary/aromatic N) is 5. The van der Waals surface area contributed by atoms with Gasteiger partial charge in [-0.3, -0.25) is 19.7 Å². The first-order chi connectivity index (χ1) is 15.0. The zero-order valence-electron chi connectivity index (χ0n) is 19.2. The standard InChI is InChI=1S/C23H38N6O2/c1-4-25-23(26-14-21(30)20-5-7-24-8-6-20)28-11-9-27(10-12-28)17-22(31)29-15-18(2)13-19(3)16-29/h5-8,18-19,21,30H,4,9-17H2,1-3H3,(H,25,26). The summed E-state index contributed by atoms with van der Waals surface area (Å²) in [5, 5.41) is 13.7. The number of aromatic nitrogens is 1. The Labute approximate surface area is 186 Å². The van der Waals surface area contributed by atoms with E-state index in [-0.39, 0.29) is 5.91 Å². The van der Waals surface area contributed by atoms with Crippen LogP contribution in [0.4, 0.5) is 0 Å². The topological polar surface area (TPSA) is 84.3 Å². The second kappa shape index (κ2) is 11.4. The van der Waals surface area contributed by atoms with Crippen LogP contribution < -0.4 is 5.32 Å². The van der Waals surface area contributed by atoms with Crippen molar-refractivity contribution in [2.75, 3.05) is 58.9 Å². The normalized spacial score (nSPS) is 24.2. The summed E-state index contributed by atoms with van der Waals surface area (Å²) in [6, 6.07) is 3.62. The third kappa shape index (κ3) is 6.90. The first kappa shape index (κ1) is 23.5. The number of carbonyl (C=O) groups excluding carboxylic acids is 1. The maximum Gasteiger partial charge on any atom is 0.236 e. The molecule has 3 atom stereocenters. The van der Waals surface area contributed by atoms with Gasteiger partial charge in [-0.1, -0.05) is 13.8 Å². The van der Waals surface area contributed by atoms with E-state index >= 15 is 0 Å². The monoisotopic (exact) mass is 430 g/mol. The molecular weight excluding hydrogens is 392 g/mol. The summed E-state index contributed by atoms with van der Waals surface area (Å²) in [5.74, 6) is 2.25. The minimum absolute atomic E-state index is 0.257. The molecule has 8 heteroatoms. The lowest BCUT2D eigenvalue weighted by atomic mass is 9.92. The highest BCUT2D eigenvalue weighted by molar-refractivity contribution is 5.80. The number of likely N-dealkylation sites (tertiary alicyclic amines) is 1. The average molecular weight is 431 g/mol. The van der Waals surface area contributed by atoms with E-state index in [1.54, 1.807) is 12.4 Å². The fourth-order valence-corrected chi connectivity index (χ4v) is 4.57. The van der Waals surface area contributed by atoms with Gasteiger partial charge < -0.3 is 20.2 Å². The van der Waals surface area contributed by atoms with Gasteiger partial charge in [0, 0.05) is 58.2 Å². The second-order valence-corrected chi connectivity index (χ2v) is 9.00. The van der Waals surface area contributed by atoms with Crippen molar-refractivity contribution in [3.63, 3.8) is 0 Å². The minimum atomic E-state index is -0.648. The predicted octanol–water partition coefficient (Wildman–Crippen LogP) is 1.20. The minimum Gasteiger partial charge on any atom is -0.386 e. The lowest BCUT2D eigenvalue weighted by molar-refractivity contribution is -0.135. The van der Waals surface area contributed by atoms with Gasteiger partial charge in [0.2, 0.25) is 5.91 Å². The van der Waals surface area contributed by atoms with Gasteiger partial charge in [0.25, 0.3) is 0 Å². The van der Waals surface area contributed by atoms with Crippen LogP contribution in [0.1, 0.15) is 38.9 Å². The molecule has 2 aliphatic rings. The molecule has 0 saturated carbocycles. The zero-order chi connectivity index (χ0) is 22.2. The number of aliphatic hydroxyl groups is 1. The quantitative estimate of drug-likeness (QED) is 0.521. The van der Waals surface area contributed by atoms with Crippen molar-refractivity contribution in [3.05, 3.63) is 30.1 Å². The smallest absolute Gasteiger partial charge is 0.236 e. The van der Waals surface area contributed by atoms with E-state index in [4.69, 9.17) is 0 Å². The summed E-state index contributed by atoms with van der Waals surface area (Å²) in [5.41, 5.74) is 0.819. The van der Waals surface area contributed by atoms with Crippen LogP contribution in [0.25, 0.3) is 0 Å². The number of guanidine groups is 1. The molecule has 2 aliphatic heterocycles. The van der Waals surface area contributed by atoms with Crippen molar-refractivity contribution in [2.45, 2.75) is 33.3 Å². The first-order valence-corrected chi connectivity index (χ1v) is 11.6. The fourth-order valence-electron chi connectivity index (χ4n) is 4.57. The molecule has 0 bridgehead atoms. The molecule has 1 amide bonds.